The number of pyridine rings is 1. The zero-order valence-corrected chi connectivity index (χ0v) is 17.0. The second kappa shape index (κ2) is 12.7. The molecule has 0 aliphatic rings. The van der Waals surface area contributed by atoms with Gasteiger partial charge in [0.1, 0.15) is 0 Å². The number of hydrazone groups is 2. The predicted octanol–water partition coefficient (Wildman–Crippen LogP) is 1.55. The van der Waals surface area contributed by atoms with Crippen molar-refractivity contribution in [2.45, 2.75) is 26.2 Å². The summed E-state index contributed by atoms with van der Waals surface area (Å²) in [5.41, 5.74) is 7.92. The van der Waals surface area contributed by atoms with Gasteiger partial charge in [-0.15, -0.1) is 0 Å². The van der Waals surface area contributed by atoms with Crippen LogP contribution in [0, 0.1) is 0 Å². The van der Waals surface area contributed by atoms with Gasteiger partial charge < -0.3 is 25.3 Å². The molecular weight excluding hydrogens is 406 g/mol. The number of rotatable bonds is 6. The van der Waals surface area contributed by atoms with Gasteiger partial charge in [-0.3, -0.25) is 25.8 Å². The second-order valence-corrected chi connectivity index (χ2v) is 5.50. The standard InChI is InChI=1S/C15H23N7S2.Cu/c1-5-12(11-7-6-8-18-9-11)13(20-22-15(24)17-4)10(2)19-21-14(23)16-3;/h6-9,12H,5H2,1-4H3,(H2,16,21,23)(H2,17,22,24);/q;+2/p-2/b19-10+,20-13-;. The van der Waals surface area contributed by atoms with Gasteiger partial charge in [0, 0.05) is 32.4 Å². The molecule has 1 atom stereocenters. The van der Waals surface area contributed by atoms with Crippen LogP contribution in [0.5, 0.6) is 0 Å². The average molecular weight is 427 g/mol. The van der Waals surface area contributed by atoms with Crippen molar-refractivity contribution in [3.05, 3.63) is 30.1 Å². The van der Waals surface area contributed by atoms with Crippen LogP contribution in [0.25, 0.3) is 0 Å². The topological polar surface area (TPSA) is 86.4 Å². The molecule has 2 N–H and O–H groups in total. The molecule has 0 bridgehead atoms. The zero-order valence-electron chi connectivity index (χ0n) is 14.4. The van der Waals surface area contributed by atoms with E-state index in [2.05, 4.69) is 42.9 Å². The van der Waals surface area contributed by atoms with E-state index in [9.17, 15) is 0 Å². The number of aliphatic imine (C=N–C) groups is 2. The molecule has 10 heteroatoms. The summed E-state index contributed by atoms with van der Waals surface area (Å²) in [7, 11) is 3.20. The summed E-state index contributed by atoms with van der Waals surface area (Å²) in [6, 6.07) is 3.90. The quantitative estimate of drug-likeness (QED) is 0.237. The van der Waals surface area contributed by atoms with E-state index in [4.69, 9.17) is 25.3 Å². The maximum absolute atomic E-state index is 5.04. The molecule has 1 rings (SSSR count). The van der Waals surface area contributed by atoms with Crippen LogP contribution in [0.1, 0.15) is 31.7 Å². The smallest absolute Gasteiger partial charge is 0.741 e. The third kappa shape index (κ3) is 7.87. The molecule has 0 aliphatic carbocycles. The Bertz CT molecular complexity index is 645. The van der Waals surface area contributed by atoms with Gasteiger partial charge in [0.25, 0.3) is 0 Å². The summed E-state index contributed by atoms with van der Waals surface area (Å²) >= 11 is 10.0. The largest absolute Gasteiger partial charge is 2.00 e. The van der Waals surface area contributed by atoms with Crippen LogP contribution in [0.4, 0.5) is 0 Å². The molecule has 0 aliphatic heterocycles. The van der Waals surface area contributed by atoms with E-state index in [0.717, 1.165) is 17.7 Å². The van der Waals surface area contributed by atoms with Gasteiger partial charge in [0.05, 0.1) is 11.4 Å². The van der Waals surface area contributed by atoms with E-state index in [-0.39, 0.29) is 23.0 Å². The monoisotopic (exact) mass is 426 g/mol. The second-order valence-electron chi connectivity index (χ2n) is 4.72. The Hall–Kier alpha value is -1.61. The maximum Gasteiger partial charge on any atom is 2.00 e. The molecule has 7 nitrogen and oxygen atoms in total. The fourth-order valence-electron chi connectivity index (χ4n) is 1.98. The summed E-state index contributed by atoms with van der Waals surface area (Å²) in [5.74, 6) is 0.00328. The van der Waals surface area contributed by atoms with Crippen LogP contribution >= 0.6 is 0 Å². The molecule has 1 aromatic heterocycles. The molecule has 1 heterocycles. The Labute approximate surface area is 170 Å². The summed E-state index contributed by atoms with van der Waals surface area (Å²) in [6.45, 7) is 3.92. The third-order valence-electron chi connectivity index (χ3n) is 3.19. The molecule has 0 aromatic carbocycles. The number of nitrogens with one attached hydrogen (secondary N) is 2. The van der Waals surface area contributed by atoms with Crippen molar-refractivity contribution in [3.8, 4) is 0 Å². The maximum atomic E-state index is 5.04. The zero-order chi connectivity index (χ0) is 17.9. The SMILES string of the molecule is CCC(C(=N\NC([S-])=NC)/C(C)=N/NC([S-])=NC)c1cccnc1.[Cu+2]. The van der Waals surface area contributed by atoms with E-state index in [0.29, 0.717) is 16.0 Å². The van der Waals surface area contributed by atoms with E-state index in [1.807, 2.05) is 25.3 Å². The van der Waals surface area contributed by atoms with Crippen molar-refractivity contribution < 1.29 is 17.1 Å². The molecule has 0 amide bonds. The van der Waals surface area contributed by atoms with E-state index in [1.165, 1.54) is 0 Å². The van der Waals surface area contributed by atoms with E-state index >= 15 is 0 Å². The van der Waals surface area contributed by atoms with Crippen molar-refractivity contribution in [3.63, 3.8) is 0 Å². The normalized spacial score (nSPS) is 14.6. The molecule has 0 saturated heterocycles. The number of aromatic nitrogens is 1. The molecule has 1 radical (unpaired) electrons. The van der Waals surface area contributed by atoms with Crippen molar-refractivity contribution in [1.82, 2.24) is 15.8 Å². The molecular formula is C15H21CuN7S2. The first-order chi connectivity index (χ1) is 11.5. The molecule has 1 aromatic rings. The minimum atomic E-state index is 0. The first kappa shape index (κ1) is 23.4. The molecule has 0 spiro atoms. The number of hydrogen-bond acceptors (Lipinski definition) is 7. The molecule has 25 heavy (non-hydrogen) atoms. The Morgan fingerprint density at radius 3 is 2.24 bits per heavy atom. The van der Waals surface area contributed by atoms with Crippen molar-refractivity contribution in [2.75, 3.05) is 14.1 Å². The Morgan fingerprint density at radius 2 is 1.76 bits per heavy atom. The molecule has 1 unspecified atom stereocenters. The van der Waals surface area contributed by atoms with Crippen LogP contribution in [0.15, 0.2) is 44.7 Å². The van der Waals surface area contributed by atoms with Crippen LogP contribution in [0.3, 0.4) is 0 Å². The number of nitrogens with zero attached hydrogens (tertiary/aromatic N) is 5. The Morgan fingerprint density at radius 1 is 1.16 bits per heavy atom. The Kier molecular flexibility index (Phi) is 11.9. The molecule has 139 valence electrons. The van der Waals surface area contributed by atoms with Crippen molar-refractivity contribution in [2.24, 2.45) is 20.2 Å². The summed E-state index contributed by atoms with van der Waals surface area (Å²) in [5, 5.41) is 9.27. The fraction of sp³-hybridized carbons (Fsp3) is 0.400. The van der Waals surface area contributed by atoms with E-state index < -0.39 is 0 Å². The number of hydrogen-bond donors (Lipinski definition) is 2. The predicted molar refractivity (Wildman–Crippen MR) is 106 cm³/mol. The molecule has 0 saturated carbocycles. The third-order valence-corrected chi connectivity index (χ3v) is 3.74. The average Bonchev–Trinajstić information content (AvgIpc) is 2.63. The first-order valence-electron chi connectivity index (χ1n) is 7.35. The van der Waals surface area contributed by atoms with Crippen LogP contribution in [0.2, 0.25) is 0 Å². The van der Waals surface area contributed by atoms with Crippen molar-refractivity contribution in [1.29, 1.82) is 0 Å². The summed E-state index contributed by atoms with van der Waals surface area (Å²) in [6.07, 6.45) is 4.37. The van der Waals surface area contributed by atoms with Gasteiger partial charge in [-0.05, 0) is 35.3 Å². The van der Waals surface area contributed by atoms with Gasteiger partial charge in [-0.1, -0.05) is 13.0 Å². The van der Waals surface area contributed by atoms with Gasteiger partial charge in [-0.2, -0.15) is 10.2 Å². The number of amidine groups is 2. The minimum Gasteiger partial charge on any atom is -0.741 e. The summed E-state index contributed by atoms with van der Waals surface area (Å²) in [4.78, 5) is 11.9. The van der Waals surface area contributed by atoms with Gasteiger partial charge in [0.15, 0.2) is 0 Å². The van der Waals surface area contributed by atoms with Crippen LogP contribution in [-0.4, -0.2) is 40.8 Å². The minimum absolute atomic E-state index is 0. The van der Waals surface area contributed by atoms with Gasteiger partial charge in [-0.25, -0.2) is 0 Å². The first-order valence-corrected chi connectivity index (χ1v) is 8.16. The van der Waals surface area contributed by atoms with Crippen LogP contribution in [-0.2, 0) is 42.3 Å². The summed E-state index contributed by atoms with van der Waals surface area (Å²) < 4.78 is 0. The van der Waals surface area contributed by atoms with Crippen molar-refractivity contribution >= 4 is 47.0 Å². The van der Waals surface area contributed by atoms with Gasteiger partial charge >= 0.3 is 17.1 Å². The molecule has 0 fully saturated rings. The van der Waals surface area contributed by atoms with E-state index in [1.54, 1.807) is 20.3 Å². The van der Waals surface area contributed by atoms with Crippen LogP contribution < -0.4 is 10.9 Å². The Balaban J connectivity index is 0.00000576. The fourth-order valence-corrected chi connectivity index (χ4v) is 2.07. The van der Waals surface area contributed by atoms with Gasteiger partial charge in [0.2, 0.25) is 0 Å².